The van der Waals surface area contributed by atoms with E-state index in [2.05, 4.69) is 13.8 Å². The van der Waals surface area contributed by atoms with Crippen molar-refractivity contribution in [1.29, 1.82) is 0 Å². The summed E-state index contributed by atoms with van der Waals surface area (Å²) in [6, 6.07) is 0. The second-order valence-electron chi connectivity index (χ2n) is 6.07. The van der Waals surface area contributed by atoms with Crippen LogP contribution < -0.4 is 0 Å². The Morgan fingerprint density at radius 1 is 0.542 bits per heavy atom. The first-order chi connectivity index (χ1) is 11.3. The third kappa shape index (κ3) is 16.4. The SMILES string of the molecule is CCCCCCS(=O)(=O)CC[Se][Se]CCS(=O)(=O)CCCCCC. The molecule has 0 bridgehead atoms. The molecule has 0 unspecified atom stereocenters. The van der Waals surface area contributed by atoms with Gasteiger partial charge in [-0.15, -0.1) is 0 Å². The standard InChI is InChI=1S/C16H34O4S2Se2/c1-3-5-7-9-11-21(17,18)13-15-23-24-16-14-22(19,20)12-10-8-6-4-2/h3-16H2,1-2H3. The van der Waals surface area contributed by atoms with Crippen LogP contribution in [0, 0.1) is 0 Å². The van der Waals surface area contributed by atoms with E-state index in [1.54, 1.807) is 0 Å². The molecule has 0 heterocycles. The van der Waals surface area contributed by atoms with Gasteiger partial charge in [0.2, 0.25) is 0 Å². The molecule has 24 heavy (non-hydrogen) atoms. The van der Waals surface area contributed by atoms with Crippen LogP contribution in [-0.2, 0) is 19.7 Å². The Hall–Kier alpha value is 0.939. The molecule has 0 spiro atoms. The third-order valence-corrected chi connectivity index (χ3v) is 15.7. The van der Waals surface area contributed by atoms with E-state index in [4.69, 9.17) is 0 Å². The first kappa shape index (κ1) is 24.9. The molecule has 0 saturated heterocycles. The van der Waals surface area contributed by atoms with E-state index in [0.717, 1.165) is 62.0 Å². The predicted octanol–water partition coefficient (Wildman–Crippen LogP) is 3.14. The Morgan fingerprint density at radius 2 is 0.917 bits per heavy atom. The zero-order valence-electron chi connectivity index (χ0n) is 15.2. The van der Waals surface area contributed by atoms with Gasteiger partial charge >= 0.3 is 162 Å². The van der Waals surface area contributed by atoms with Crippen LogP contribution in [0.2, 0.25) is 10.6 Å². The van der Waals surface area contributed by atoms with Crippen molar-refractivity contribution in [2.24, 2.45) is 0 Å². The van der Waals surface area contributed by atoms with Gasteiger partial charge in [-0.2, -0.15) is 0 Å². The second-order valence-corrected chi connectivity index (χ2v) is 18.5. The van der Waals surface area contributed by atoms with E-state index >= 15 is 0 Å². The average Bonchev–Trinajstić information content (AvgIpc) is 2.51. The Bertz CT molecular complexity index is 444. The second kappa shape index (κ2) is 15.0. The number of rotatable bonds is 17. The minimum atomic E-state index is -2.89. The quantitative estimate of drug-likeness (QED) is 0.222. The molecule has 8 heteroatoms. The van der Waals surface area contributed by atoms with Crippen molar-refractivity contribution in [3.63, 3.8) is 0 Å². The minimum absolute atomic E-state index is 0.296. The molecular weight excluding hydrogens is 478 g/mol. The van der Waals surface area contributed by atoms with Crippen LogP contribution >= 0.6 is 0 Å². The van der Waals surface area contributed by atoms with E-state index < -0.39 is 19.7 Å². The van der Waals surface area contributed by atoms with Crippen molar-refractivity contribution < 1.29 is 16.8 Å². The van der Waals surface area contributed by atoms with Crippen molar-refractivity contribution in [3.05, 3.63) is 0 Å². The Kier molecular flexibility index (Phi) is 15.6. The molecule has 146 valence electrons. The fourth-order valence-electron chi connectivity index (χ4n) is 2.14. The van der Waals surface area contributed by atoms with Gasteiger partial charge in [0.1, 0.15) is 0 Å². The molecular formula is C16H34O4S2Se2. The van der Waals surface area contributed by atoms with E-state index in [9.17, 15) is 16.8 Å². The van der Waals surface area contributed by atoms with Gasteiger partial charge in [0.15, 0.2) is 0 Å². The summed E-state index contributed by atoms with van der Waals surface area (Å²) in [5.41, 5.74) is 0. The van der Waals surface area contributed by atoms with E-state index in [-0.39, 0.29) is 0 Å². The van der Waals surface area contributed by atoms with Crippen molar-refractivity contribution in [1.82, 2.24) is 0 Å². The molecule has 0 N–H and O–H groups in total. The van der Waals surface area contributed by atoms with Gasteiger partial charge in [0.05, 0.1) is 0 Å². The maximum atomic E-state index is 11.9. The van der Waals surface area contributed by atoms with Crippen LogP contribution in [0.15, 0.2) is 0 Å². The molecule has 0 aromatic carbocycles. The van der Waals surface area contributed by atoms with Gasteiger partial charge < -0.3 is 0 Å². The Labute approximate surface area is 161 Å². The molecule has 0 rings (SSSR count). The summed E-state index contributed by atoms with van der Waals surface area (Å²) < 4.78 is 47.5. The van der Waals surface area contributed by atoms with Gasteiger partial charge in [-0.25, -0.2) is 0 Å². The van der Waals surface area contributed by atoms with Crippen LogP contribution in [0.3, 0.4) is 0 Å². The molecule has 0 saturated carbocycles. The molecule has 0 radical (unpaired) electrons. The normalized spacial score (nSPS) is 12.6. The number of hydrogen-bond donors (Lipinski definition) is 0. The van der Waals surface area contributed by atoms with Gasteiger partial charge in [-0.05, 0) is 0 Å². The Balaban J connectivity index is 3.67. The van der Waals surface area contributed by atoms with Gasteiger partial charge in [-0.1, -0.05) is 0 Å². The molecule has 0 atom stereocenters. The van der Waals surface area contributed by atoms with E-state index in [1.165, 1.54) is 0 Å². The fourth-order valence-corrected chi connectivity index (χ4v) is 16.0. The molecule has 0 aliphatic carbocycles. The molecule has 0 amide bonds. The van der Waals surface area contributed by atoms with Crippen LogP contribution in [0.5, 0.6) is 0 Å². The number of sulfone groups is 2. The first-order valence-corrected chi connectivity index (χ1v) is 19.4. The number of unbranched alkanes of at least 4 members (excludes halogenated alkanes) is 6. The van der Waals surface area contributed by atoms with Crippen molar-refractivity contribution in [2.75, 3.05) is 23.0 Å². The van der Waals surface area contributed by atoms with Crippen molar-refractivity contribution in [2.45, 2.75) is 75.9 Å². The zero-order valence-corrected chi connectivity index (χ0v) is 20.2. The summed E-state index contributed by atoms with van der Waals surface area (Å²) in [6.45, 7) is 4.23. The summed E-state index contributed by atoms with van der Waals surface area (Å²) in [4.78, 5) is 0. The van der Waals surface area contributed by atoms with Gasteiger partial charge in [-0.3, -0.25) is 0 Å². The van der Waals surface area contributed by atoms with Crippen molar-refractivity contribution >= 4 is 45.9 Å². The fraction of sp³-hybridized carbons (Fsp3) is 1.00. The van der Waals surface area contributed by atoms with Crippen LogP contribution in [-0.4, -0.2) is 66.1 Å². The molecule has 0 aromatic rings. The van der Waals surface area contributed by atoms with Crippen LogP contribution in [0.4, 0.5) is 0 Å². The molecule has 0 aromatic heterocycles. The zero-order chi connectivity index (χ0) is 18.3. The summed E-state index contributed by atoms with van der Waals surface area (Å²) in [5.74, 6) is 1.24. The molecule has 0 aliphatic heterocycles. The third-order valence-electron chi connectivity index (χ3n) is 3.66. The molecule has 4 nitrogen and oxygen atoms in total. The topological polar surface area (TPSA) is 68.3 Å². The summed E-state index contributed by atoms with van der Waals surface area (Å²) >= 11 is 0.614. The average molecular weight is 512 g/mol. The van der Waals surface area contributed by atoms with Crippen LogP contribution in [0.1, 0.15) is 65.2 Å². The van der Waals surface area contributed by atoms with E-state index in [0.29, 0.717) is 49.3 Å². The van der Waals surface area contributed by atoms with Crippen LogP contribution in [0.25, 0.3) is 0 Å². The van der Waals surface area contributed by atoms with E-state index in [1.807, 2.05) is 0 Å². The van der Waals surface area contributed by atoms with Gasteiger partial charge in [0, 0.05) is 0 Å². The van der Waals surface area contributed by atoms with Crippen molar-refractivity contribution in [3.8, 4) is 0 Å². The summed E-state index contributed by atoms with van der Waals surface area (Å²) in [7, 11) is -5.78. The summed E-state index contributed by atoms with van der Waals surface area (Å²) in [6.07, 6.45) is 8.02. The molecule has 0 aliphatic rings. The molecule has 0 fully saturated rings. The first-order valence-electron chi connectivity index (χ1n) is 8.98. The Morgan fingerprint density at radius 3 is 1.25 bits per heavy atom. The summed E-state index contributed by atoms with van der Waals surface area (Å²) in [5, 5.41) is 1.50. The monoisotopic (exact) mass is 514 g/mol. The predicted molar refractivity (Wildman–Crippen MR) is 107 cm³/mol. The van der Waals surface area contributed by atoms with Gasteiger partial charge in [0.25, 0.3) is 0 Å². The number of hydrogen-bond acceptors (Lipinski definition) is 4. The maximum absolute atomic E-state index is 11.9.